The molecule has 0 spiro atoms. The SMILES string of the molecule is N#CNC(=O)c1cc(N)ccc1Br. The van der Waals surface area contributed by atoms with Crippen molar-refractivity contribution in [2.75, 3.05) is 5.73 Å². The molecule has 0 heterocycles. The van der Waals surface area contributed by atoms with Crippen molar-refractivity contribution in [3.63, 3.8) is 0 Å². The summed E-state index contributed by atoms with van der Waals surface area (Å²) in [6.07, 6.45) is 1.55. The molecule has 0 bridgehead atoms. The Bertz CT molecular complexity index is 383. The van der Waals surface area contributed by atoms with Crippen LogP contribution in [0, 0.1) is 11.5 Å². The van der Waals surface area contributed by atoms with Gasteiger partial charge in [-0.05, 0) is 34.1 Å². The number of benzene rings is 1. The van der Waals surface area contributed by atoms with Crippen molar-refractivity contribution in [3.8, 4) is 6.19 Å². The van der Waals surface area contributed by atoms with E-state index >= 15 is 0 Å². The molecular formula is C8H6BrN3O. The van der Waals surface area contributed by atoms with Crippen LogP contribution in [0.25, 0.3) is 0 Å². The Kier molecular flexibility index (Phi) is 2.88. The molecule has 5 heteroatoms. The second-order valence-electron chi connectivity index (χ2n) is 2.31. The van der Waals surface area contributed by atoms with Gasteiger partial charge in [-0.15, -0.1) is 0 Å². The molecule has 0 saturated carbocycles. The van der Waals surface area contributed by atoms with Crippen LogP contribution < -0.4 is 11.1 Å². The molecular weight excluding hydrogens is 234 g/mol. The second-order valence-corrected chi connectivity index (χ2v) is 3.16. The number of carbonyl (C=O) groups is 1. The van der Waals surface area contributed by atoms with E-state index in [2.05, 4.69) is 15.9 Å². The number of anilines is 1. The molecule has 0 aliphatic heterocycles. The number of halogens is 1. The Morgan fingerprint density at radius 3 is 2.92 bits per heavy atom. The Morgan fingerprint density at radius 1 is 1.62 bits per heavy atom. The summed E-state index contributed by atoms with van der Waals surface area (Å²) in [5, 5.41) is 10.2. The first kappa shape index (κ1) is 9.55. The molecule has 1 rings (SSSR count). The van der Waals surface area contributed by atoms with E-state index in [1.165, 1.54) is 6.07 Å². The van der Waals surface area contributed by atoms with E-state index in [1.54, 1.807) is 18.3 Å². The molecule has 0 fully saturated rings. The first-order valence-corrected chi connectivity index (χ1v) is 4.19. The fourth-order valence-corrected chi connectivity index (χ4v) is 1.26. The van der Waals surface area contributed by atoms with Gasteiger partial charge in [-0.3, -0.25) is 10.1 Å². The van der Waals surface area contributed by atoms with Crippen LogP contribution in [0.2, 0.25) is 0 Å². The minimum atomic E-state index is -0.471. The maximum absolute atomic E-state index is 11.2. The van der Waals surface area contributed by atoms with Gasteiger partial charge < -0.3 is 5.73 Å². The van der Waals surface area contributed by atoms with E-state index < -0.39 is 5.91 Å². The first-order chi connectivity index (χ1) is 6.15. The van der Waals surface area contributed by atoms with Crippen molar-refractivity contribution < 1.29 is 4.79 Å². The quantitative estimate of drug-likeness (QED) is 0.440. The fourth-order valence-electron chi connectivity index (χ4n) is 0.835. The van der Waals surface area contributed by atoms with Crippen LogP contribution in [-0.2, 0) is 0 Å². The maximum atomic E-state index is 11.2. The van der Waals surface area contributed by atoms with Crippen molar-refractivity contribution in [2.24, 2.45) is 0 Å². The van der Waals surface area contributed by atoms with Crippen molar-refractivity contribution >= 4 is 27.5 Å². The zero-order valence-electron chi connectivity index (χ0n) is 6.54. The number of nitrogens with two attached hydrogens (primary N) is 1. The van der Waals surface area contributed by atoms with Crippen molar-refractivity contribution in [1.82, 2.24) is 5.32 Å². The lowest BCUT2D eigenvalue weighted by Gasteiger charge is -2.01. The first-order valence-electron chi connectivity index (χ1n) is 3.39. The molecule has 0 aromatic heterocycles. The van der Waals surface area contributed by atoms with Gasteiger partial charge in [0, 0.05) is 10.2 Å². The van der Waals surface area contributed by atoms with Crippen molar-refractivity contribution in [1.29, 1.82) is 5.26 Å². The Balaban J connectivity index is 3.07. The van der Waals surface area contributed by atoms with Crippen LogP contribution >= 0.6 is 15.9 Å². The highest BCUT2D eigenvalue weighted by Crippen LogP contribution is 2.19. The summed E-state index contributed by atoms with van der Waals surface area (Å²) in [4.78, 5) is 11.2. The standard InChI is InChI=1S/C8H6BrN3O/c9-7-2-1-5(11)3-6(7)8(13)12-4-10/h1-3H,11H2,(H,12,13). The molecule has 0 unspecified atom stereocenters. The average molecular weight is 240 g/mol. The van der Waals surface area contributed by atoms with Gasteiger partial charge in [0.25, 0.3) is 5.91 Å². The molecule has 0 aliphatic carbocycles. The molecule has 0 atom stereocenters. The number of amides is 1. The molecule has 1 amide bonds. The summed E-state index contributed by atoms with van der Waals surface area (Å²) < 4.78 is 0.606. The van der Waals surface area contributed by atoms with Crippen LogP contribution in [0.5, 0.6) is 0 Å². The third-order valence-corrected chi connectivity index (χ3v) is 2.10. The average Bonchev–Trinajstić information content (AvgIpc) is 2.09. The molecule has 1 aromatic rings. The van der Waals surface area contributed by atoms with Crippen LogP contribution in [-0.4, -0.2) is 5.91 Å². The molecule has 66 valence electrons. The number of nitrogens with one attached hydrogen (secondary N) is 1. The molecule has 0 saturated heterocycles. The summed E-state index contributed by atoms with van der Waals surface area (Å²) >= 11 is 3.18. The summed E-state index contributed by atoms with van der Waals surface area (Å²) in [7, 11) is 0. The van der Waals surface area contributed by atoms with E-state index in [9.17, 15) is 4.79 Å². The Hall–Kier alpha value is -1.54. The molecule has 0 radical (unpaired) electrons. The summed E-state index contributed by atoms with van der Waals surface area (Å²) in [5.41, 5.74) is 6.30. The van der Waals surface area contributed by atoms with Gasteiger partial charge in [0.2, 0.25) is 0 Å². The number of carbonyl (C=O) groups excluding carboxylic acids is 1. The number of nitrogens with zero attached hydrogens (tertiary/aromatic N) is 1. The Labute approximate surface area is 83.5 Å². The van der Waals surface area contributed by atoms with Gasteiger partial charge in [0.1, 0.15) is 0 Å². The highest BCUT2D eigenvalue weighted by Gasteiger charge is 2.08. The van der Waals surface area contributed by atoms with E-state index in [0.29, 0.717) is 15.7 Å². The topological polar surface area (TPSA) is 78.9 Å². The number of hydrogen-bond acceptors (Lipinski definition) is 3. The third-order valence-electron chi connectivity index (χ3n) is 1.40. The highest BCUT2D eigenvalue weighted by atomic mass is 79.9. The summed E-state index contributed by atoms with van der Waals surface area (Å²) in [6.45, 7) is 0. The maximum Gasteiger partial charge on any atom is 0.265 e. The monoisotopic (exact) mass is 239 g/mol. The van der Waals surface area contributed by atoms with Gasteiger partial charge in [0.05, 0.1) is 5.56 Å². The lowest BCUT2D eigenvalue weighted by Crippen LogP contribution is -2.17. The van der Waals surface area contributed by atoms with Crippen LogP contribution in [0.4, 0.5) is 5.69 Å². The number of nitriles is 1. The second kappa shape index (κ2) is 3.92. The van der Waals surface area contributed by atoms with Crippen molar-refractivity contribution in [3.05, 3.63) is 28.2 Å². The summed E-state index contributed by atoms with van der Waals surface area (Å²) in [5.74, 6) is -0.471. The zero-order valence-corrected chi connectivity index (χ0v) is 8.13. The minimum Gasteiger partial charge on any atom is -0.399 e. The van der Waals surface area contributed by atoms with E-state index in [1.807, 2.05) is 5.32 Å². The van der Waals surface area contributed by atoms with Crippen LogP contribution in [0.1, 0.15) is 10.4 Å². The Morgan fingerprint density at radius 2 is 2.31 bits per heavy atom. The predicted octanol–water partition coefficient (Wildman–Crippen LogP) is 1.24. The third kappa shape index (κ3) is 2.20. The fraction of sp³-hybridized carbons (Fsp3) is 0. The van der Waals surface area contributed by atoms with Gasteiger partial charge in [-0.1, -0.05) is 0 Å². The van der Waals surface area contributed by atoms with E-state index in [0.717, 1.165) is 0 Å². The molecule has 13 heavy (non-hydrogen) atoms. The lowest BCUT2D eigenvalue weighted by molar-refractivity contribution is 0.0972. The van der Waals surface area contributed by atoms with E-state index in [-0.39, 0.29) is 0 Å². The van der Waals surface area contributed by atoms with Gasteiger partial charge >= 0.3 is 0 Å². The number of hydrogen-bond donors (Lipinski definition) is 2. The van der Waals surface area contributed by atoms with Crippen molar-refractivity contribution in [2.45, 2.75) is 0 Å². The summed E-state index contributed by atoms with van der Waals surface area (Å²) in [6, 6.07) is 4.81. The van der Waals surface area contributed by atoms with Gasteiger partial charge in [-0.2, -0.15) is 5.26 Å². The van der Waals surface area contributed by atoms with Crippen LogP contribution in [0.15, 0.2) is 22.7 Å². The predicted molar refractivity (Wildman–Crippen MR) is 51.6 cm³/mol. The highest BCUT2D eigenvalue weighted by molar-refractivity contribution is 9.10. The van der Waals surface area contributed by atoms with Gasteiger partial charge in [-0.25, -0.2) is 0 Å². The molecule has 3 N–H and O–H groups in total. The zero-order chi connectivity index (χ0) is 9.84. The molecule has 0 aliphatic rings. The minimum absolute atomic E-state index is 0.349. The van der Waals surface area contributed by atoms with Gasteiger partial charge in [0.15, 0.2) is 6.19 Å². The largest absolute Gasteiger partial charge is 0.399 e. The molecule has 1 aromatic carbocycles. The number of nitrogen functional groups attached to an aromatic ring is 1. The molecule has 4 nitrogen and oxygen atoms in total. The normalized spacial score (nSPS) is 8.92. The smallest absolute Gasteiger partial charge is 0.265 e. The van der Waals surface area contributed by atoms with Crippen LogP contribution in [0.3, 0.4) is 0 Å². The number of rotatable bonds is 1. The lowest BCUT2D eigenvalue weighted by atomic mass is 10.2. The van der Waals surface area contributed by atoms with E-state index in [4.69, 9.17) is 11.0 Å².